The number of aliphatic hydroxyl groups excluding tert-OH is 1. The molecule has 2 aliphatic rings. The summed E-state index contributed by atoms with van der Waals surface area (Å²) in [5.41, 5.74) is 0.535. The van der Waals surface area contributed by atoms with Crippen LogP contribution in [0, 0.1) is 0 Å². The summed E-state index contributed by atoms with van der Waals surface area (Å²) in [4.78, 5) is 6.72. The molecular formula is C19H22F3N3O3. The molecule has 2 fully saturated rings. The fourth-order valence-corrected chi connectivity index (χ4v) is 4.19. The van der Waals surface area contributed by atoms with Gasteiger partial charge >= 0.3 is 6.36 Å². The Balaban J connectivity index is 1.50. The van der Waals surface area contributed by atoms with Crippen LogP contribution >= 0.6 is 0 Å². The first-order valence-electron chi connectivity index (χ1n) is 9.52. The summed E-state index contributed by atoms with van der Waals surface area (Å²) < 4.78 is 46.2. The number of halogens is 3. The number of ether oxygens (including phenoxy) is 1. The average Bonchev–Trinajstić information content (AvgIpc) is 3.28. The van der Waals surface area contributed by atoms with Crippen molar-refractivity contribution in [1.29, 1.82) is 0 Å². The Kier molecular flexibility index (Phi) is 5.29. The Bertz CT molecular complexity index is 788. The third-order valence-corrected chi connectivity index (χ3v) is 5.43. The Morgan fingerprint density at radius 2 is 1.82 bits per heavy atom. The monoisotopic (exact) mass is 397 g/mol. The number of hydrogen-bond donors (Lipinski definition) is 1. The van der Waals surface area contributed by atoms with E-state index < -0.39 is 12.5 Å². The summed E-state index contributed by atoms with van der Waals surface area (Å²) in [5.74, 6) is 0.439. The predicted octanol–water partition coefficient (Wildman–Crippen LogP) is 4.08. The standard InChI is InChI=1S/C19H22F3N3O3/c20-19(21,22)27-15-8-6-12(7-9-15)17-23-18(28-24-17)16-10-14(26)11-25(16)13-4-2-1-3-5-13/h6-9,13-14,16,26H,1-5,10-11H2. The maximum Gasteiger partial charge on any atom is 0.573 e. The van der Waals surface area contributed by atoms with Gasteiger partial charge in [-0.1, -0.05) is 24.4 Å². The Labute approximate surface area is 160 Å². The van der Waals surface area contributed by atoms with Crippen LogP contribution in [-0.2, 0) is 0 Å². The van der Waals surface area contributed by atoms with Gasteiger partial charge in [-0.15, -0.1) is 13.2 Å². The molecule has 1 saturated heterocycles. The molecule has 0 amide bonds. The molecule has 152 valence electrons. The highest BCUT2D eigenvalue weighted by atomic mass is 19.4. The highest BCUT2D eigenvalue weighted by molar-refractivity contribution is 5.55. The quantitative estimate of drug-likeness (QED) is 0.838. The number of rotatable bonds is 4. The van der Waals surface area contributed by atoms with E-state index in [0.29, 0.717) is 36.3 Å². The highest BCUT2D eigenvalue weighted by Crippen LogP contribution is 2.37. The number of hydrogen-bond acceptors (Lipinski definition) is 6. The summed E-state index contributed by atoms with van der Waals surface area (Å²) >= 11 is 0. The second-order valence-corrected chi connectivity index (χ2v) is 7.42. The molecule has 1 aromatic carbocycles. The largest absolute Gasteiger partial charge is 0.573 e. The van der Waals surface area contributed by atoms with Gasteiger partial charge in [0, 0.05) is 18.2 Å². The molecule has 2 heterocycles. The van der Waals surface area contributed by atoms with Crippen molar-refractivity contribution in [2.45, 2.75) is 63.1 Å². The summed E-state index contributed by atoms with van der Waals surface area (Å²) in [5, 5.41) is 14.2. The first-order valence-corrected chi connectivity index (χ1v) is 9.52. The molecule has 28 heavy (non-hydrogen) atoms. The molecule has 9 heteroatoms. The zero-order valence-corrected chi connectivity index (χ0v) is 15.2. The fourth-order valence-electron chi connectivity index (χ4n) is 4.19. The van der Waals surface area contributed by atoms with E-state index in [1.54, 1.807) is 0 Å². The van der Waals surface area contributed by atoms with Crippen molar-refractivity contribution in [2.24, 2.45) is 0 Å². The minimum Gasteiger partial charge on any atom is -0.406 e. The predicted molar refractivity (Wildman–Crippen MR) is 93.4 cm³/mol. The Morgan fingerprint density at radius 1 is 1.11 bits per heavy atom. The lowest BCUT2D eigenvalue weighted by molar-refractivity contribution is -0.274. The van der Waals surface area contributed by atoms with Crippen LogP contribution in [0.4, 0.5) is 13.2 Å². The molecule has 2 atom stereocenters. The Hall–Kier alpha value is -2.13. The van der Waals surface area contributed by atoms with E-state index in [4.69, 9.17) is 4.52 Å². The molecule has 2 unspecified atom stereocenters. The van der Waals surface area contributed by atoms with Crippen molar-refractivity contribution in [1.82, 2.24) is 15.0 Å². The molecule has 1 aliphatic carbocycles. The van der Waals surface area contributed by atoms with Crippen LogP contribution in [0.2, 0.25) is 0 Å². The van der Waals surface area contributed by atoms with Crippen molar-refractivity contribution in [3.63, 3.8) is 0 Å². The van der Waals surface area contributed by atoms with Gasteiger partial charge in [-0.3, -0.25) is 4.90 Å². The van der Waals surface area contributed by atoms with E-state index in [2.05, 4.69) is 19.8 Å². The SMILES string of the molecule is OC1CC(c2nc(-c3ccc(OC(F)(F)F)cc3)no2)N(C2CCCCC2)C1. The van der Waals surface area contributed by atoms with Crippen LogP contribution in [0.15, 0.2) is 28.8 Å². The minimum absolute atomic E-state index is 0.132. The Morgan fingerprint density at radius 3 is 2.50 bits per heavy atom. The molecule has 0 radical (unpaired) electrons. The normalized spacial score (nSPS) is 24.6. The summed E-state index contributed by atoms with van der Waals surface area (Å²) in [6, 6.07) is 5.62. The van der Waals surface area contributed by atoms with Crippen LogP contribution < -0.4 is 4.74 Å². The zero-order valence-electron chi connectivity index (χ0n) is 15.2. The number of alkyl halides is 3. The number of aromatic nitrogens is 2. The lowest BCUT2D eigenvalue weighted by Crippen LogP contribution is -2.37. The van der Waals surface area contributed by atoms with Crippen molar-refractivity contribution in [3.8, 4) is 17.1 Å². The van der Waals surface area contributed by atoms with Gasteiger partial charge in [0.1, 0.15) is 5.75 Å². The van der Waals surface area contributed by atoms with Crippen LogP contribution in [0.3, 0.4) is 0 Å². The molecule has 0 spiro atoms. The van der Waals surface area contributed by atoms with Gasteiger partial charge in [0.25, 0.3) is 0 Å². The number of β-amino-alcohol motifs (C(OH)–C–C–N with tert-alkyl or cyclic N) is 1. The highest BCUT2D eigenvalue weighted by Gasteiger charge is 2.40. The lowest BCUT2D eigenvalue weighted by Gasteiger charge is -2.33. The summed E-state index contributed by atoms with van der Waals surface area (Å²) in [6.45, 7) is 0.594. The fraction of sp³-hybridized carbons (Fsp3) is 0.579. The summed E-state index contributed by atoms with van der Waals surface area (Å²) in [7, 11) is 0. The maximum atomic E-state index is 12.3. The molecule has 2 aromatic rings. The van der Waals surface area contributed by atoms with Crippen molar-refractivity contribution < 1.29 is 27.5 Å². The van der Waals surface area contributed by atoms with E-state index >= 15 is 0 Å². The third kappa shape index (κ3) is 4.30. The van der Waals surface area contributed by atoms with E-state index in [1.165, 1.54) is 43.5 Å². The number of benzene rings is 1. The van der Waals surface area contributed by atoms with Crippen molar-refractivity contribution >= 4 is 0 Å². The topological polar surface area (TPSA) is 71.6 Å². The van der Waals surface area contributed by atoms with Crippen LogP contribution in [0.1, 0.15) is 50.5 Å². The number of nitrogens with zero attached hydrogens (tertiary/aromatic N) is 3. The van der Waals surface area contributed by atoms with Crippen LogP contribution in [-0.4, -0.2) is 45.2 Å². The van der Waals surface area contributed by atoms with Crippen LogP contribution in [0.25, 0.3) is 11.4 Å². The average molecular weight is 397 g/mol. The zero-order chi connectivity index (χ0) is 19.7. The molecule has 6 nitrogen and oxygen atoms in total. The van der Waals surface area contributed by atoms with Crippen molar-refractivity contribution in [3.05, 3.63) is 30.2 Å². The first kappa shape index (κ1) is 19.2. The smallest absolute Gasteiger partial charge is 0.406 e. The van der Waals surface area contributed by atoms with Gasteiger partial charge in [-0.25, -0.2) is 0 Å². The van der Waals surface area contributed by atoms with Gasteiger partial charge in [-0.05, 0) is 43.5 Å². The van der Waals surface area contributed by atoms with Gasteiger partial charge in [0.05, 0.1) is 12.1 Å². The van der Waals surface area contributed by atoms with E-state index in [1.807, 2.05) is 0 Å². The molecular weight excluding hydrogens is 375 g/mol. The van der Waals surface area contributed by atoms with E-state index in [0.717, 1.165) is 12.8 Å². The molecule has 1 saturated carbocycles. The minimum atomic E-state index is -4.73. The van der Waals surface area contributed by atoms with E-state index in [-0.39, 0.29) is 11.8 Å². The second kappa shape index (κ2) is 7.71. The third-order valence-electron chi connectivity index (χ3n) is 5.43. The maximum absolute atomic E-state index is 12.3. The number of likely N-dealkylation sites (tertiary alicyclic amines) is 1. The molecule has 0 bridgehead atoms. The van der Waals surface area contributed by atoms with Crippen LogP contribution in [0.5, 0.6) is 5.75 Å². The van der Waals surface area contributed by atoms with Gasteiger partial charge in [0.15, 0.2) is 0 Å². The molecule has 1 N–H and O–H groups in total. The van der Waals surface area contributed by atoms with Crippen molar-refractivity contribution in [2.75, 3.05) is 6.54 Å². The molecule has 1 aliphatic heterocycles. The molecule has 4 rings (SSSR count). The van der Waals surface area contributed by atoms with Gasteiger partial charge in [0.2, 0.25) is 11.7 Å². The summed E-state index contributed by atoms with van der Waals surface area (Å²) in [6.07, 6.45) is 1.20. The number of aliphatic hydroxyl groups is 1. The second-order valence-electron chi connectivity index (χ2n) is 7.42. The van der Waals surface area contributed by atoms with Gasteiger partial charge in [-0.2, -0.15) is 4.98 Å². The lowest BCUT2D eigenvalue weighted by atomic mass is 9.94. The first-order chi connectivity index (χ1) is 13.4. The van der Waals surface area contributed by atoms with E-state index in [9.17, 15) is 18.3 Å². The molecule has 1 aromatic heterocycles. The van der Waals surface area contributed by atoms with Gasteiger partial charge < -0.3 is 14.4 Å².